The summed E-state index contributed by atoms with van der Waals surface area (Å²) >= 11 is 0. The van der Waals surface area contributed by atoms with Gasteiger partial charge in [0.2, 0.25) is 0 Å². The van der Waals surface area contributed by atoms with E-state index in [1.807, 2.05) is 17.0 Å². The number of hydrogen-bond acceptors (Lipinski definition) is 3. The minimum absolute atomic E-state index is 0.112. The summed E-state index contributed by atoms with van der Waals surface area (Å²) in [7, 11) is 0. The zero-order valence-electron chi connectivity index (χ0n) is 15.5. The predicted molar refractivity (Wildman–Crippen MR) is 101 cm³/mol. The standard InChI is InChI=1S/C21H32N2O2/c1-2-19(22-17-10-4-3-5-11-17)18-12-6-7-13-20(18)25-16-21(24)23-14-8-9-15-23/h6-7,12-13,17,19,22H,2-5,8-11,14-16H2,1H3. The molecule has 1 amide bonds. The van der Waals surface area contributed by atoms with E-state index in [4.69, 9.17) is 4.74 Å². The SMILES string of the molecule is CCC(NC1CCCCC1)c1ccccc1OCC(=O)N1CCCC1. The van der Waals surface area contributed by atoms with Crippen LogP contribution in [0.5, 0.6) is 5.75 Å². The quantitative estimate of drug-likeness (QED) is 0.811. The number of amides is 1. The number of nitrogens with one attached hydrogen (secondary N) is 1. The molecule has 1 aliphatic carbocycles. The van der Waals surface area contributed by atoms with Gasteiger partial charge in [0.25, 0.3) is 5.91 Å². The van der Waals surface area contributed by atoms with Crippen molar-refractivity contribution in [1.82, 2.24) is 10.2 Å². The fraction of sp³-hybridized carbons (Fsp3) is 0.667. The van der Waals surface area contributed by atoms with E-state index in [2.05, 4.69) is 24.4 Å². The molecule has 1 saturated carbocycles. The molecule has 4 nitrogen and oxygen atoms in total. The van der Waals surface area contributed by atoms with Crippen molar-refractivity contribution in [2.75, 3.05) is 19.7 Å². The molecule has 1 heterocycles. The second-order valence-electron chi connectivity index (χ2n) is 7.38. The second-order valence-corrected chi connectivity index (χ2v) is 7.38. The molecule has 25 heavy (non-hydrogen) atoms. The van der Waals surface area contributed by atoms with Crippen molar-refractivity contribution in [1.29, 1.82) is 0 Å². The average Bonchev–Trinajstić information content (AvgIpc) is 3.20. The van der Waals surface area contributed by atoms with Crippen molar-refractivity contribution in [3.8, 4) is 5.75 Å². The smallest absolute Gasteiger partial charge is 0.260 e. The number of hydrogen-bond donors (Lipinski definition) is 1. The summed E-state index contributed by atoms with van der Waals surface area (Å²) in [6.07, 6.45) is 9.83. The Morgan fingerprint density at radius 3 is 2.60 bits per heavy atom. The molecule has 1 aromatic carbocycles. The monoisotopic (exact) mass is 344 g/mol. The van der Waals surface area contributed by atoms with E-state index in [0.29, 0.717) is 12.1 Å². The summed E-state index contributed by atoms with van der Waals surface area (Å²) in [4.78, 5) is 14.2. The molecule has 1 aromatic rings. The van der Waals surface area contributed by atoms with E-state index in [9.17, 15) is 4.79 Å². The van der Waals surface area contributed by atoms with Crippen LogP contribution in [0.1, 0.15) is 69.9 Å². The average molecular weight is 344 g/mol. The molecule has 0 radical (unpaired) electrons. The van der Waals surface area contributed by atoms with Crippen molar-refractivity contribution in [2.24, 2.45) is 0 Å². The first kappa shape index (κ1) is 18.2. The van der Waals surface area contributed by atoms with Gasteiger partial charge in [-0.2, -0.15) is 0 Å². The van der Waals surface area contributed by atoms with Gasteiger partial charge in [-0.3, -0.25) is 4.79 Å². The number of nitrogens with zero attached hydrogens (tertiary/aromatic N) is 1. The maximum absolute atomic E-state index is 12.3. The van der Waals surface area contributed by atoms with Crippen LogP contribution < -0.4 is 10.1 Å². The first-order chi connectivity index (χ1) is 12.3. The van der Waals surface area contributed by atoms with Crippen LogP contribution in [0.15, 0.2) is 24.3 Å². The number of likely N-dealkylation sites (tertiary alicyclic amines) is 1. The third-order valence-electron chi connectivity index (χ3n) is 5.55. The number of carbonyl (C=O) groups is 1. The first-order valence-electron chi connectivity index (χ1n) is 10.0. The minimum atomic E-state index is 0.112. The van der Waals surface area contributed by atoms with Gasteiger partial charge in [-0.25, -0.2) is 0 Å². The van der Waals surface area contributed by atoms with Crippen LogP contribution in [0.3, 0.4) is 0 Å². The second kappa shape index (κ2) is 9.23. The molecule has 1 saturated heterocycles. The molecule has 0 aromatic heterocycles. The van der Waals surface area contributed by atoms with Crippen LogP contribution in [0, 0.1) is 0 Å². The van der Waals surface area contributed by atoms with Crippen LogP contribution in [-0.2, 0) is 4.79 Å². The zero-order valence-corrected chi connectivity index (χ0v) is 15.5. The van der Waals surface area contributed by atoms with E-state index < -0.39 is 0 Å². The van der Waals surface area contributed by atoms with Crippen molar-refractivity contribution in [3.63, 3.8) is 0 Å². The van der Waals surface area contributed by atoms with Gasteiger partial charge in [-0.05, 0) is 38.2 Å². The summed E-state index contributed by atoms with van der Waals surface area (Å²) in [5.41, 5.74) is 1.18. The Labute approximate surface area is 151 Å². The van der Waals surface area contributed by atoms with E-state index in [-0.39, 0.29) is 12.5 Å². The Morgan fingerprint density at radius 1 is 1.16 bits per heavy atom. The van der Waals surface area contributed by atoms with Crippen LogP contribution in [-0.4, -0.2) is 36.5 Å². The van der Waals surface area contributed by atoms with Crippen molar-refractivity contribution < 1.29 is 9.53 Å². The molecule has 2 aliphatic rings. The van der Waals surface area contributed by atoms with E-state index >= 15 is 0 Å². The molecular formula is C21H32N2O2. The highest BCUT2D eigenvalue weighted by atomic mass is 16.5. The molecule has 2 fully saturated rings. The summed E-state index contributed by atoms with van der Waals surface area (Å²) < 4.78 is 5.95. The van der Waals surface area contributed by atoms with Crippen molar-refractivity contribution >= 4 is 5.91 Å². The molecule has 1 N–H and O–H groups in total. The highest BCUT2D eigenvalue weighted by Gasteiger charge is 2.22. The van der Waals surface area contributed by atoms with Gasteiger partial charge in [0, 0.05) is 30.7 Å². The van der Waals surface area contributed by atoms with Crippen LogP contribution in [0.2, 0.25) is 0 Å². The van der Waals surface area contributed by atoms with Gasteiger partial charge in [-0.1, -0.05) is 44.4 Å². The molecular weight excluding hydrogens is 312 g/mol. The first-order valence-corrected chi connectivity index (χ1v) is 10.0. The molecule has 1 atom stereocenters. The molecule has 138 valence electrons. The number of carbonyl (C=O) groups excluding carboxylic acids is 1. The van der Waals surface area contributed by atoms with Gasteiger partial charge >= 0.3 is 0 Å². The van der Waals surface area contributed by atoms with Crippen LogP contribution in [0.4, 0.5) is 0 Å². The Hall–Kier alpha value is -1.55. The number of ether oxygens (including phenoxy) is 1. The fourth-order valence-electron chi connectivity index (χ4n) is 4.08. The summed E-state index contributed by atoms with van der Waals surface area (Å²) in [5.74, 6) is 0.964. The molecule has 3 rings (SSSR count). The minimum Gasteiger partial charge on any atom is -0.483 e. The van der Waals surface area contributed by atoms with Crippen molar-refractivity contribution in [3.05, 3.63) is 29.8 Å². The zero-order chi connectivity index (χ0) is 17.5. The molecule has 4 heteroatoms. The Morgan fingerprint density at radius 2 is 1.88 bits per heavy atom. The Kier molecular flexibility index (Phi) is 6.74. The van der Waals surface area contributed by atoms with E-state index in [1.54, 1.807) is 0 Å². The van der Waals surface area contributed by atoms with Gasteiger partial charge in [-0.15, -0.1) is 0 Å². The highest BCUT2D eigenvalue weighted by Crippen LogP contribution is 2.29. The number of rotatable bonds is 7. The van der Waals surface area contributed by atoms with Crippen LogP contribution in [0.25, 0.3) is 0 Å². The lowest BCUT2D eigenvalue weighted by atomic mass is 9.93. The lowest BCUT2D eigenvalue weighted by molar-refractivity contribution is -0.132. The van der Waals surface area contributed by atoms with E-state index in [1.165, 1.54) is 37.7 Å². The summed E-state index contributed by atoms with van der Waals surface area (Å²) in [6.45, 7) is 4.12. The molecule has 1 unspecified atom stereocenters. The number of benzene rings is 1. The van der Waals surface area contributed by atoms with Gasteiger partial charge in [0.05, 0.1) is 0 Å². The normalized spacial score (nSPS) is 19.8. The van der Waals surface area contributed by atoms with Gasteiger partial charge in [0.15, 0.2) is 6.61 Å². The Bertz CT molecular complexity index is 549. The molecule has 0 bridgehead atoms. The topological polar surface area (TPSA) is 41.6 Å². The Balaban J connectivity index is 1.62. The van der Waals surface area contributed by atoms with Crippen molar-refractivity contribution in [2.45, 2.75) is 70.4 Å². The summed E-state index contributed by atoms with van der Waals surface area (Å²) in [5, 5.41) is 3.83. The predicted octanol–water partition coefficient (Wildman–Crippen LogP) is 4.06. The maximum atomic E-state index is 12.3. The fourth-order valence-corrected chi connectivity index (χ4v) is 4.08. The van der Waals surface area contributed by atoms with E-state index in [0.717, 1.165) is 38.1 Å². The lowest BCUT2D eigenvalue weighted by Gasteiger charge is -2.29. The third kappa shape index (κ3) is 4.97. The van der Waals surface area contributed by atoms with Crippen LogP contribution >= 0.6 is 0 Å². The van der Waals surface area contributed by atoms with Gasteiger partial charge in [0.1, 0.15) is 5.75 Å². The maximum Gasteiger partial charge on any atom is 0.260 e. The third-order valence-corrected chi connectivity index (χ3v) is 5.55. The van der Waals surface area contributed by atoms with Gasteiger partial charge < -0.3 is 15.0 Å². The molecule has 0 spiro atoms. The lowest BCUT2D eigenvalue weighted by Crippen LogP contribution is -2.35. The molecule has 1 aliphatic heterocycles. The highest BCUT2D eigenvalue weighted by molar-refractivity contribution is 5.78. The summed E-state index contributed by atoms with van der Waals surface area (Å²) in [6, 6.07) is 9.10. The largest absolute Gasteiger partial charge is 0.483 e. The number of para-hydroxylation sites is 1.